The predicted octanol–water partition coefficient (Wildman–Crippen LogP) is 3.25. The zero-order valence-electron chi connectivity index (χ0n) is 8.37. The second-order valence-electron chi connectivity index (χ2n) is 3.38. The lowest BCUT2D eigenvalue weighted by Crippen LogP contribution is -1.93. The maximum absolute atomic E-state index is 5.22. The molecule has 0 aliphatic carbocycles. The van der Waals surface area contributed by atoms with E-state index in [4.69, 9.17) is 4.74 Å². The van der Waals surface area contributed by atoms with Crippen molar-refractivity contribution in [2.45, 2.75) is 25.5 Å². The van der Waals surface area contributed by atoms with Crippen molar-refractivity contribution in [1.29, 1.82) is 0 Å². The van der Waals surface area contributed by atoms with Crippen LogP contribution in [0.15, 0.2) is 18.2 Å². The van der Waals surface area contributed by atoms with Crippen molar-refractivity contribution in [3.8, 4) is 5.75 Å². The molecule has 2 heteroatoms. The van der Waals surface area contributed by atoms with Crippen LogP contribution in [0.3, 0.4) is 0 Å². The second-order valence-corrected chi connectivity index (χ2v) is 3.70. The maximum atomic E-state index is 5.22. The van der Waals surface area contributed by atoms with E-state index in [1.54, 1.807) is 7.11 Å². The van der Waals surface area contributed by atoms with Gasteiger partial charge in [0.05, 0.1) is 7.11 Å². The van der Waals surface area contributed by atoms with E-state index in [2.05, 4.69) is 38.6 Å². The molecular formula is C11H16OS. The van der Waals surface area contributed by atoms with Gasteiger partial charge in [-0.2, -0.15) is 12.6 Å². The zero-order chi connectivity index (χ0) is 9.84. The summed E-state index contributed by atoms with van der Waals surface area (Å²) in [5.41, 5.74) is 2.50. The summed E-state index contributed by atoms with van der Waals surface area (Å²) in [6.07, 6.45) is 0. The quantitative estimate of drug-likeness (QED) is 0.730. The highest BCUT2D eigenvalue weighted by atomic mass is 32.1. The third-order valence-electron chi connectivity index (χ3n) is 2.14. The number of thiol groups is 1. The summed E-state index contributed by atoms with van der Waals surface area (Å²) in [7, 11) is 1.69. The molecule has 0 N–H and O–H groups in total. The van der Waals surface area contributed by atoms with Crippen LogP contribution in [0.5, 0.6) is 5.75 Å². The van der Waals surface area contributed by atoms with Crippen molar-refractivity contribution >= 4 is 12.6 Å². The van der Waals surface area contributed by atoms with Gasteiger partial charge in [-0.1, -0.05) is 26.0 Å². The average Bonchev–Trinajstić information content (AvgIpc) is 2.16. The SMILES string of the molecule is COc1ccc(C(C)C)cc1CS. The van der Waals surface area contributed by atoms with E-state index in [0.717, 1.165) is 17.1 Å². The minimum atomic E-state index is 0.560. The summed E-state index contributed by atoms with van der Waals surface area (Å²) < 4.78 is 5.22. The Kier molecular flexibility index (Phi) is 3.67. The highest BCUT2D eigenvalue weighted by molar-refractivity contribution is 7.79. The topological polar surface area (TPSA) is 9.23 Å². The molecule has 0 atom stereocenters. The number of benzene rings is 1. The lowest BCUT2D eigenvalue weighted by molar-refractivity contribution is 0.411. The van der Waals surface area contributed by atoms with E-state index in [0.29, 0.717) is 5.92 Å². The lowest BCUT2D eigenvalue weighted by Gasteiger charge is -2.10. The predicted molar refractivity (Wildman–Crippen MR) is 59.8 cm³/mol. The molecule has 0 fully saturated rings. The molecule has 72 valence electrons. The second kappa shape index (κ2) is 4.56. The van der Waals surface area contributed by atoms with Crippen molar-refractivity contribution in [2.24, 2.45) is 0 Å². The summed E-state index contributed by atoms with van der Waals surface area (Å²) in [6.45, 7) is 4.37. The summed E-state index contributed by atoms with van der Waals surface area (Å²) in [6, 6.07) is 6.29. The Morgan fingerprint density at radius 2 is 2.08 bits per heavy atom. The molecule has 0 saturated heterocycles. The van der Waals surface area contributed by atoms with Crippen LogP contribution in [0.4, 0.5) is 0 Å². The Morgan fingerprint density at radius 3 is 2.54 bits per heavy atom. The van der Waals surface area contributed by atoms with Gasteiger partial charge >= 0.3 is 0 Å². The molecule has 1 nitrogen and oxygen atoms in total. The fraction of sp³-hybridized carbons (Fsp3) is 0.455. The smallest absolute Gasteiger partial charge is 0.122 e. The fourth-order valence-electron chi connectivity index (χ4n) is 1.28. The Balaban J connectivity index is 3.05. The van der Waals surface area contributed by atoms with E-state index in [-0.39, 0.29) is 0 Å². The molecule has 0 spiro atoms. The molecule has 1 rings (SSSR count). The van der Waals surface area contributed by atoms with Crippen LogP contribution in [-0.4, -0.2) is 7.11 Å². The Morgan fingerprint density at radius 1 is 1.38 bits per heavy atom. The van der Waals surface area contributed by atoms with E-state index in [1.807, 2.05) is 6.07 Å². The maximum Gasteiger partial charge on any atom is 0.122 e. The molecule has 0 amide bonds. The van der Waals surface area contributed by atoms with Crippen molar-refractivity contribution in [2.75, 3.05) is 7.11 Å². The third-order valence-corrected chi connectivity index (χ3v) is 2.48. The highest BCUT2D eigenvalue weighted by Crippen LogP contribution is 2.25. The molecule has 0 bridgehead atoms. The molecule has 0 heterocycles. The molecular weight excluding hydrogens is 180 g/mol. The molecule has 13 heavy (non-hydrogen) atoms. The summed E-state index contributed by atoms with van der Waals surface area (Å²) in [4.78, 5) is 0. The molecule has 0 aromatic heterocycles. The van der Waals surface area contributed by atoms with E-state index in [1.165, 1.54) is 5.56 Å². The van der Waals surface area contributed by atoms with Gasteiger partial charge in [0.2, 0.25) is 0 Å². The van der Waals surface area contributed by atoms with Gasteiger partial charge in [-0.3, -0.25) is 0 Å². The third kappa shape index (κ3) is 2.41. The van der Waals surface area contributed by atoms with Crippen LogP contribution >= 0.6 is 12.6 Å². The summed E-state index contributed by atoms with van der Waals surface area (Å²) >= 11 is 4.27. The minimum absolute atomic E-state index is 0.560. The average molecular weight is 196 g/mol. The number of hydrogen-bond donors (Lipinski definition) is 1. The van der Waals surface area contributed by atoms with Gasteiger partial charge in [0.25, 0.3) is 0 Å². The van der Waals surface area contributed by atoms with Gasteiger partial charge < -0.3 is 4.74 Å². The van der Waals surface area contributed by atoms with Crippen LogP contribution in [0.1, 0.15) is 30.9 Å². The molecule has 0 aliphatic rings. The number of rotatable bonds is 3. The summed E-state index contributed by atoms with van der Waals surface area (Å²) in [5.74, 6) is 2.22. The Bertz CT molecular complexity index is 281. The van der Waals surface area contributed by atoms with Gasteiger partial charge in [0.15, 0.2) is 0 Å². The zero-order valence-corrected chi connectivity index (χ0v) is 9.27. The number of hydrogen-bond acceptors (Lipinski definition) is 2. The van der Waals surface area contributed by atoms with E-state index >= 15 is 0 Å². The largest absolute Gasteiger partial charge is 0.496 e. The first-order valence-electron chi connectivity index (χ1n) is 4.46. The molecule has 1 aromatic carbocycles. The van der Waals surface area contributed by atoms with Gasteiger partial charge in [-0.05, 0) is 17.5 Å². The standard InChI is InChI=1S/C11H16OS/c1-8(2)9-4-5-11(12-3)10(6-9)7-13/h4-6,8,13H,7H2,1-3H3. The van der Waals surface area contributed by atoms with E-state index < -0.39 is 0 Å². The fourth-order valence-corrected chi connectivity index (χ4v) is 1.53. The van der Waals surface area contributed by atoms with Gasteiger partial charge in [0.1, 0.15) is 5.75 Å². The Hall–Kier alpha value is -0.630. The number of ether oxygens (including phenoxy) is 1. The van der Waals surface area contributed by atoms with Crippen molar-refractivity contribution in [1.82, 2.24) is 0 Å². The minimum Gasteiger partial charge on any atom is -0.496 e. The molecule has 1 aromatic rings. The van der Waals surface area contributed by atoms with Gasteiger partial charge in [-0.25, -0.2) is 0 Å². The first-order chi connectivity index (χ1) is 6.19. The lowest BCUT2D eigenvalue weighted by atomic mass is 10.0. The normalized spacial score (nSPS) is 10.5. The van der Waals surface area contributed by atoms with Gasteiger partial charge in [-0.15, -0.1) is 0 Å². The van der Waals surface area contributed by atoms with Crippen molar-refractivity contribution < 1.29 is 4.74 Å². The molecule has 0 radical (unpaired) electrons. The van der Waals surface area contributed by atoms with Crippen LogP contribution < -0.4 is 4.74 Å². The van der Waals surface area contributed by atoms with Gasteiger partial charge in [0, 0.05) is 11.3 Å². The van der Waals surface area contributed by atoms with Crippen molar-refractivity contribution in [3.63, 3.8) is 0 Å². The van der Waals surface area contributed by atoms with Crippen LogP contribution in [0.2, 0.25) is 0 Å². The summed E-state index contributed by atoms with van der Waals surface area (Å²) in [5, 5.41) is 0. The highest BCUT2D eigenvalue weighted by Gasteiger charge is 2.04. The molecule has 0 unspecified atom stereocenters. The van der Waals surface area contributed by atoms with Crippen LogP contribution in [-0.2, 0) is 5.75 Å². The first kappa shape index (κ1) is 10.5. The van der Waals surface area contributed by atoms with E-state index in [9.17, 15) is 0 Å². The monoisotopic (exact) mass is 196 g/mol. The van der Waals surface area contributed by atoms with Crippen molar-refractivity contribution in [3.05, 3.63) is 29.3 Å². The van der Waals surface area contributed by atoms with Crippen LogP contribution in [0, 0.1) is 0 Å². The number of methoxy groups -OCH3 is 1. The molecule has 0 aliphatic heterocycles. The van der Waals surface area contributed by atoms with Crippen LogP contribution in [0.25, 0.3) is 0 Å². The molecule has 0 saturated carbocycles. The Labute approximate surface area is 85.5 Å². The first-order valence-corrected chi connectivity index (χ1v) is 5.10.